The van der Waals surface area contributed by atoms with E-state index in [1.807, 2.05) is 6.92 Å². The summed E-state index contributed by atoms with van der Waals surface area (Å²) in [6.07, 6.45) is 0. The number of rotatable bonds is 11. The fourth-order valence-corrected chi connectivity index (χ4v) is 6.68. The number of halogens is 1. The normalized spacial score (nSPS) is 11.5. The Labute approximate surface area is 256 Å². The van der Waals surface area contributed by atoms with Crippen LogP contribution >= 0.6 is 11.6 Å². The molecular weight excluding hydrogens is 614 g/mol. The Morgan fingerprint density at radius 3 is 2.07 bits per heavy atom. The monoisotopic (exact) mass is 643 g/mol. The molecule has 0 unspecified atom stereocenters. The molecule has 0 aromatic heterocycles. The minimum absolute atomic E-state index is 0.0114. The molecule has 2 N–H and O–H groups in total. The van der Waals surface area contributed by atoms with Crippen molar-refractivity contribution in [2.75, 3.05) is 35.1 Å². The van der Waals surface area contributed by atoms with Crippen LogP contribution in [-0.4, -0.2) is 43.5 Å². The Hall–Kier alpha value is -4.26. The maximum absolute atomic E-state index is 13.6. The molecule has 0 saturated carbocycles. The molecule has 0 radical (unpaired) electrons. The average Bonchev–Trinajstić information content (AvgIpc) is 2.97. The van der Waals surface area contributed by atoms with Crippen LogP contribution in [0, 0.1) is 13.8 Å². The number of sulfonamides is 2. The van der Waals surface area contributed by atoms with Crippen LogP contribution in [0.3, 0.4) is 0 Å². The van der Waals surface area contributed by atoms with E-state index in [1.54, 1.807) is 43.3 Å². The quantitative estimate of drug-likeness (QED) is 0.217. The Morgan fingerprint density at radius 2 is 1.47 bits per heavy atom. The molecule has 0 spiro atoms. The minimum atomic E-state index is -4.15. The molecule has 0 heterocycles. The van der Waals surface area contributed by atoms with Gasteiger partial charge in [-0.1, -0.05) is 35.4 Å². The third-order valence-corrected chi connectivity index (χ3v) is 10.0. The molecule has 0 fully saturated rings. The topological polar surface area (TPSA) is 131 Å². The van der Waals surface area contributed by atoms with E-state index in [-0.39, 0.29) is 26.9 Å². The van der Waals surface area contributed by atoms with Gasteiger partial charge in [-0.25, -0.2) is 16.8 Å². The minimum Gasteiger partial charge on any atom is -0.497 e. The molecular formula is C30H30ClN3O7S2. The number of ether oxygens (including phenoxy) is 2. The molecule has 10 nitrogen and oxygen atoms in total. The molecule has 226 valence electrons. The van der Waals surface area contributed by atoms with Crippen molar-refractivity contribution >= 4 is 54.6 Å². The first-order valence-corrected chi connectivity index (χ1v) is 16.1. The maximum Gasteiger partial charge on any atom is 0.264 e. The number of aryl methyl sites for hydroxylation is 2. The molecule has 43 heavy (non-hydrogen) atoms. The van der Waals surface area contributed by atoms with Gasteiger partial charge < -0.3 is 14.8 Å². The van der Waals surface area contributed by atoms with E-state index in [0.29, 0.717) is 16.5 Å². The van der Waals surface area contributed by atoms with Gasteiger partial charge in [-0.15, -0.1) is 0 Å². The zero-order valence-corrected chi connectivity index (χ0v) is 26.2. The maximum atomic E-state index is 13.6. The van der Waals surface area contributed by atoms with Crippen molar-refractivity contribution < 1.29 is 31.1 Å². The van der Waals surface area contributed by atoms with Gasteiger partial charge >= 0.3 is 0 Å². The molecule has 4 aromatic carbocycles. The first-order valence-electron chi connectivity index (χ1n) is 12.8. The van der Waals surface area contributed by atoms with Crippen molar-refractivity contribution in [3.05, 3.63) is 101 Å². The highest BCUT2D eigenvalue weighted by Crippen LogP contribution is 2.31. The molecule has 4 aromatic rings. The second-order valence-corrected chi connectivity index (χ2v) is 13.5. The highest BCUT2D eigenvalue weighted by molar-refractivity contribution is 7.93. The third kappa shape index (κ3) is 7.39. The molecule has 1 amide bonds. The van der Waals surface area contributed by atoms with E-state index < -0.39 is 32.5 Å². The summed E-state index contributed by atoms with van der Waals surface area (Å²) in [6.45, 7) is 3.06. The zero-order valence-electron chi connectivity index (χ0n) is 23.8. The molecule has 0 saturated heterocycles. The van der Waals surface area contributed by atoms with Crippen LogP contribution in [0.1, 0.15) is 11.1 Å². The zero-order chi connectivity index (χ0) is 31.4. The fraction of sp³-hybridized carbons (Fsp3) is 0.167. The van der Waals surface area contributed by atoms with Gasteiger partial charge in [-0.3, -0.25) is 13.8 Å². The Morgan fingerprint density at radius 1 is 0.814 bits per heavy atom. The van der Waals surface area contributed by atoms with Gasteiger partial charge in [0.2, 0.25) is 5.91 Å². The van der Waals surface area contributed by atoms with Gasteiger partial charge in [0.15, 0.2) is 0 Å². The standard InChI is InChI=1S/C30H30ClN3O7S2/c1-20-5-12-26(13-6-20)43(38,39)34(23-10-7-21(2)27(31)17-23)19-30(35)32-22-8-14-25(15-9-22)42(36,37)33-28-18-24(40-3)11-16-29(28)41-4/h5-18,33H,19H2,1-4H3,(H,32,35). The fourth-order valence-electron chi connectivity index (χ4n) is 4.04. The summed E-state index contributed by atoms with van der Waals surface area (Å²) in [7, 11) is -5.30. The Balaban J connectivity index is 1.55. The van der Waals surface area contributed by atoms with Crippen LogP contribution in [-0.2, 0) is 24.8 Å². The van der Waals surface area contributed by atoms with Gasteiger partial charge in [0.05, 0.1) is 35.4 Å². The number of carbonyl (C=O) groups is 1. The smallest absolute Gasteiger partial charge is 0.264 e. The number of hydrogen-bond acceptors (Lipinski definition) is 7. The number of benzene rings is 4. The van der Waals surface area contributed by atoms with E-state index >= 15 is 0 Å². The largest absolute Gasteiger partial charge is 0.497 e. The molecule has 0 atom stereocenters. The summed E-state index contributed by atoms with van der Waals surface area (Å²) in [5.41, 5.74) is 2.29. The van der Waals surface area contributed by atoms with Gasteiger partial charge in [-0.05, 0) is 80.1 Å². The number of amides is 1. The van der Waals surface area contributed by atoms with Crippen molar-refractivity contribution in [3.8, 4) is 11.5 Å². The van der Waals surface area contributed by atoms with Crippen LogP contribution < -0.4 is 23.8 Å². The van der Waals surface area contributed by atoms with E-state index in [1.165, 1.54) is 62.8 Å². The van der Waals surface area contributed by atoms with Crippen molar-refractivity contribution in [3.63, 3.8) is 0 Å². The lowest BCUT2D eigenvalue weighted by atomic mass is 10.2. The number of nitrogens with one attached hydrogen (secondary N) is 2. The van der Waals surface area contributed by atoms with Crippen molar-refractivity contribution in [2.45, 2.75) is 23.6 Å². The summed E-state index contributed by atoms with van der Waals surface area (Å²) < 4.78 is 67.2. The Bertz CT molecular complexity index is 1850. The van der Waals surface area contributed by atoms with Crippen LogP contribution in [0.2, 0.25) is 5.02 Å². The number of hydrogen-bond donors (Lipinski definition) is 2. The van der Waals surface area contributed by atoms with Gasteiger partial charge in [0.25, 0.3) is 20.0 Å². The summed E-state index contributed by atoms with van der Waals surface area (Å²) >= 11 is 6.29. The first kappa shape index (κ1) is 31.7. The van der Waals surface area contributed by atoms with Gasteiger partial charge in [0, 0.05) is 16.8 Å². The number of methoxy groups -OCH3 is 2. The summed E-state index contributed by atoms with van der Waals surface area (Å²) in [4.78, 5) is 13.1. The second-order valence-electron chi connectivity index (χ2n) is 9.50. The summed E-state index contributed by atoms with van der Waals surface area (Å²) in [6, 6.07) is 21.1. The van der Waals surface area contributed by atoms with Crippen molar-refractivity contribution in [2.24, 2.45) is 0 Å². The van der Waals surface area contributed by atoms with Crippen LogP contribution in [0.25, 0.3) is 0 Å². The van der Waals surface area contributed by atoms with Crippen LogP contribution in [0.4, 0.5) is 17.1 Å². The SMILES string of the molecule is COc1ccc(OC)c(NS(=O)(=O)c2ccc(NC(=O)CN(c3ccc(C)c(Cl)c3)S(=O)(=O)c3ccc(C)cc3)cc2)c1. The second kappa shape index (κ2) is 12.9. The lowest BCUT2D eigenvalue weighted by Crippen LogP contribution is -2.38. The predicted molar refractivity (Wildman–Crippen MR) is 167 cm³/mol. The average molecular weight is 644 g/mol. The van der Waals surface area contributed by atoms with Gasteiger partial charge in [0.1, 0.15) is 18.0 Å². The number of nitrogens with zero attached hydrogens (tertiary/aromatic N) is 1. The van der Waals surface area contributed by atoms with E-state index in [0.717, 1.165) is 15.4 Å². The molecule has 4 rings (SSSR count). The summed E-state index contributed by atoms with van der Waals surface area (Å²) in [5.74, 6) is 0.0819. The van der Waals surface area contributed by atoms with Crippen LogP contribution in [0.15, 0.2) is 94.7 Å². The van der Waals surface area contributed by atoms with E-state index in [2.05, 4.69) is 10.0 Å². The van der Waals surface area contributed by atoms with E-state index in [9.17, 15) is 21.6 Å². The highest BCUT2D eigenvalue weighted by atomic mass is 35.5. The Kier molecular flexibility index (Phi) is 9.53. The van der Waals surface area contributed by atoms with E-state index in [4.69, 9.17) is 21.1 Å². The highest BCUT2D eigenvalue weighted by Gasteiger charge is 2.28. The molecule has 0 aliphatic heterocycles. The lowest BCUT2D eigenvalue weighted by molar-refractivity contribution is -0.114. The lowest BCUT2D eigenvalue weighted by Gasteiger charge is -2.24. The first-order chi connectivity index (χ1) is 20.3. The van der Waals surface area contributed by atoms with Gasteiger partial charge in [-0.2, -0.15) is 0 Å². The third-order valence-electron chi connectivity index (χ3n) is 6.44. The number of anilines is 3. The number of carbonyl (C=O) groups excluding carboxylic acids is 1. The predicted octanol–water partition coefficient (Wildman–Crippen LogP) is 5.61. The van der Waals surface area contributed by atoms with Crippen molar-refractivity contribution in [1.29, 1.82) is 0 Å². The van der Waals surface area contributed by atoms with Crippen molar-refractivity contribution in [1.82, 2.24) is 0 Å². The molecule has 0 aliphatic carbocycles. The molecule has 0 bridgehead atoms. The molecule has 13 heteroatoms. The van der Waals surface area contributed by atoms with Crippen LogP contribution in [0.5, 0.6) is 11.5 Å². The summed E-state index contributed by atoms with van der Waals surface area (Å²) in [5, 5.41) is 2.98. The molecule has 0 aliphatic rings.